The fourth-order valence-corrected chi connectivity index (χ4v) is 5.06. The minimum Gasteiger partial charge on any atom is -0.355 e. The molecule has 1 N–H and O–H groups in total. The van der Waals surface area contributed by atoms with Gasteiger partial charge >= 0.3 is 0 Å². The Balaban J connectivity index is 0.00000289. The molecule has 2 aliphatic heterocycles. The van der Waals surface area contributed by atoms with Gasteiger partial charge in [-0.05, 0) is 30.4 Å². The normalized spacial score (nSPS) is 20.7. The summed E-state index contributed by atoms with van der Waals surface area (Å²) < 4.78 is 0. The molecule has 0 unspecified atom stereocenters. The lowest BCUT2D eigenvalue weighted by Crippen LogP contribution is -2.52. The molecule has 1 saturated carbocycles. The van der Waals surface area contributed by atoms with Crippen molar-refractivity contribution in [2.75, 3.05) is 59.4 Å². The van der Waals surface area contributed by atoms with Gasteiger partial charge in [-0.2, -0.15) is 0 Å². The first-order chi connectivity index (χ1) is 15.2. The van der Waals surface area contributed by atoms with Gasteiger partial charge < -0.3 is 15.1 Å². The average molecular weight is 552 g/mol. The Bertz CT molecular complexity index is 783. The second-order valence-corrected chi connectivity index (χ2v) is 8.91. The maximum Gasteiger partial charge on any atom is 0.225 e. The Morgan fingerprint density at radius 2 is 1.75 bits per heavy atom. The third-order valence-electron chi connectivity index (χ3n) is 6.96. The van der Waals surface area contributed by atoms with Crippen molar-refractivity contribution in [2.24, 2.45) is 10.9 Å². The Hall–Kier alpha value is -1.61. The number of piperazine rings is 1. The van der Waals surface area contributed by atoms with Crippen molar-refractivity contribution in [3.8, 4) is 0 Å². The van der Waals surface area contributed by atoms with Crippen LogP contribution in [0, 0.1) is 5.92 Å². The fourth-order valence-electron chi connectivity index (χ4n) is 5.06. The monoisotopic (exact) mass is 551 g/mol. The van der Waals surface area contributed by atoms with E-state index in [0.29, 0.717) is 11.8 Å². The highest BCUT2D eigenvalue weighted by molar-refractivity contribution is 14.0. The first-order valence-corrected chi connectivity index (χ1v) is 12.0. The fraction of sp³-hybridized carbons (Fsp3) is 0.600. The molecule has 0 spiro atoms. The van der Waals surface area contributed by atoms with E-state index in [1.54, 1.807) is 0 Å². The van der Waals surface area contributed by atoms with Crippen LogP contribution in [0.4, 0.5) is 0 Å². The average Bonchev–Trinajstić information content (AvgIpc) is 3.38. The zero-order valence-corrected chi connectivity index (χ0v) is 21.7. The molecule has 1 saturated heterocycles. The van der Waals surface area contributed by atoms with Crippen molar-refractivity contribution in [3.05, 3.63) is 42.0 Å². The van der Waals surface area contributed by atoms with Gasteiger partial charge in [0.2, 0.25) is 5.91 Å². The highest BCUT2D eigenvalue weighted by Crippen LogP contribution is 2.27. The third kappa shape index (κ3) is 6.47. The van der Waals surface area contributed by atoms with Crippen molar-refractivity contribution < 1.29 is 4.79 Å². The van der Waals surface area contributed by atoms with E-state index in [-0.39, 0.29) is 24.0 Å². The summed E-state index contributed by atoms with van der Waals surface area (Å²) in [6, 6.07) is 10.7. The molecule has 1 aromatic carbocycles. The van der Waals surface area contributed by atoms with Crippen LogP contribution < -0.4 is 5.32 Å². The number of nitrogens with zero attached hydrogens (tertiary/aromatic N) is 4. The van der Waals surface area contributed by atoms with E-state index in [4.69, 9.17) is 0 Å². The minimum atomic E-state index is 0. The van der Waals surface area contributed by atoms with Gasteiger partial charge in [0, 0.05) is 65.3 Å². The van der Waals surface area contributed by atoms with E-state index in [1.807, 2.05) is 7.05 Å². The van der Waals surface area contributed by atoms with Crippen LogP contribution in [-0.2, 0) is 4.79 Å². The lowest BCUT2D eigenvalue weighted by atomic mass is 10.00. The third-order valence-corrected chi connectivity index (χ3v) is 6.96. The molecule has 176 valence electrons. The summed E-state index contributed by atoms with van der Waals surface area (Å²) in [4.78, 5) is 24.0. The molecular weight excluding hydrogens is 513 g/mol. The maximum atomic E-state index is 12.6. The second-order valence-electron chi connectivity index (χ2n) is 8.91. The predicted molar refractivity (Wildman–Crippen MR) is 142 cm³/mol. The van der Waals surface area contributed by atoms with Crippen molar-refractivity contribution in [1.29, 1.82) is 0 Å². The number of benzene rings is 1. The smallest absolute Gasteiger partial charge is 0.225 e. The molecule has 0 radical (unpaired) electrons. The van der Waals surface area contributed by atoms with Crippen LogP contribution in [0.25, 0.3) is 5.57 Å². The molecule has 0 atom stereocenters. The number of amides is 1. The van der Waals surface area contributed by atoms with Crippen molar-refractivity contribution in [2.45, 2.75) is 32.1 Å². The van der Waals surface area contributed by atoms with Crippen LogP contribution in [0.2, 0.25) is 0 Å². The van der Waals surface area contributed by atoms with Gasteiger partial charge in [0.1, 0.15) is 0 Å². The molecule has 4 rings (SSSR count). The molecule has 32 heavy (non-hydrogen) atoms. The molecule has 6 nitrogen and oxygen atoms in total. The molecule has 1 aliphatic carbocycles. The topological polar surface area (TPSA) is 51.2 Å². The lowest BCUT2D eigenvalue weighted by molar-refractivity contribution is -0.137. The minimum absolute atomic E-state index is 0. The summed E-state index contributed by atoms with van der Waals surface area (Å²) >= 11 is 0. The number of rotatable bonds is 5. The van der Waals surface area contributed by atoms with Gasteiger partial charge in [-0.25, -0.2) is 0 Å². The van der Waals surface area contributed by atoms with Crippen LogP contribution >= 0.6 is 24.0 Å². The van der Waals surface area contributed by atoms with E-state index in [2.05, 4.69) is 61.4 Å². The standard InChI is InChI=1S/C25H37N5O.HI/c1-26-25(30-14-11-22(12-15-30)21-7-3-2-4-8-21)27-13-16-28-17-19-29(20-18-28)24(31)23-9-5-6-10-23;/h2-4,7-8,11,23H,5-6,9-10,12-20H2,1H3,(H,26,27);1H. The molecule has 1 aromatic rings. The van der Waals surface area contributed by atoms with Gasteiger partial charge in [0.05, 0.1) is 0 Å². The van der Waals surface area contributed by atoms with Gasteiger partial charge in [-0.3, -0.25) is 14.7 Å². The quantitative estimate of drug-likeness (QED) is 0.347. The predicted octanol–water partition coefficient (Wildman–Crippen LogP) is 3.30. The van der Waals surface area contributed by atoms with Crippen molar-refractivity contribution in [3.63, 3.8) is 0 Å². The summed E-state index contributed by atoms with van der Waals surface area (Å²) in [6.45, 7) is 7.47. The number of guanidine groups is 1. The van der Waals surface area contributed by atoms with Crippen LogP contribution in [-0.4, -0.2) is 86.0 Å². The van der Waals surface area contributed by atoms with Crippen LogP contribution in [0.5, 0.6) is 0 Å². The van der Waals surface area contributed by atoms with Crippen molar-refractivity contribution >= 4 is 41.4 Å². The van der Waals surface area contributed by atoms with E-state index in [0.717, 1.165) is 77.6 Å². The van der Waals surface area contributed by atoms with Gasteiger partial charge in [0.25, 0.3) is 0 Å². The molecule has 1 amide bonds. The first kappa shape index (κ1) is 25.0. The van der Waals surface area contributed by atoms with Crippen LogP contribution in [0.15, 0.2) is 41.4 Å². The zero-order valence-electron chi connectivity index (χ0n) is 19.3. The molecule has 2 heterocycles. The van der Waals surface area contributed by atoms with Crippen molar-refractivity contribution in [1.82, 2.24) is 20.0 Å². The van der Waals surface area contributed by atoms with E-state index >= 15 is 0 Å². The number of aliphatic imine (C=N–C) groups is 1. The SMILES string of the molecule is CN=C(NCCN1CCN(C(=O)C2CCCC2)CC1)N1CC=C(c2ccccc2)CC1.I. The maximum absolute atomic E-state index is 12.6. The molecule has 3 aliphatic rings. The summed E-state index contributed by atoms with van der Waals surface area (Å²) in [6.07, 6.45) is 8.02. The summed E-state index contributed by atoms with van der Waals surface area (Å²) in [7, 11) is 1.87. The molecule has 2 fully saturated rings. The summed E-state index contributed by atoms with van der Waals surface area (Å²) in [5.74, 6) is 1.69. The number of halogens is 1. The number of nitrogens with one attached hydrogen (secondary N) is 1. The van der Waals surface area contributed by atoms with E-state index < -0.39 is 0 Å². The molecular formula is C25H38IN5O. The Morgan fingerprint density at radius 1 is 1.03 bits per heavy atom. The van der Waals surface area contributed by atoms with Crippen LogP contribution in [0.1, 0.15) is 37.7 Å². The first-order valence-electron chi connectivity index (χ1n) is 12.0. The number of carbonyl (C=O) groups is 1. The highest BCUT2D eigenvalue weighted by Gasteiger charge is 2.29. The number of hydrogen-bond acceptors (Lipinski definition) is 3. The van der Waals surface area contributed by atoms with Gasteiger partial charge in [-0.1, -0.05) is 49.2 Å². The Labute approximate surface area is 210 Å². The molecule has 0 aromatic heterocycles. The molecule has 0 bridgehead atoms. The van der Waals surface area contributed by atoms with Crippen LogP contribution in [0.3, 0.4) is 0 Å². The second kappa shape index (κ2) is 12.6. The largest absolute Gasteiger partial charge is 0.355 e. The van der Waals surface area contributed by atoms with Gasteiger partial charge in [0.15, 0.2) is 5.96 Å². The Morgan fingerprint density at radius 3 is 2.38 bits per heavy atom. The molecule has 7 heteroatoms. The lowest BCUT2D eigenvalue weighted by Gasteiger charge is -2.36. The Kier molecular flexibility index (Phi) is 9.84. The highest BCUT2D eigenvalue weighted by atomic mass is 127. The number of carbonyl (C=O) groups excluding carboxylic acids is 1. The zero-order chi connectivity index (χ0) is 21.5. The summed E-state index contributed by atoms with van der Waals surface area (Å²) in [5, 5.41) is 3.54. The van der Waals surface area contributed by atoms with E-state index in [1.165, 1.54) is 24.0 Å². The number of hydrogen-bond donors (Lipinski definition) is 1. The summed E-state index contributed by atoms with van der Waals surface area (Å²) in [5.41, 5.74) is 2.76. The van der Waals surface area contributed by atoms with E-state index in [9.17, 15) is 4.79 Å². The van der Waals surface area contributed by atoms with Gasteiger partial charge in [-0.15, -0.1) is 24.0 Å².